The lowest BCUT2D eigenvalue weighted by Gasteiger charge is -2.06. The first-order valence-corrected chi connectivity index (χ1v) is 8.29. The molecule has 1 atom stereocenters. The zero-order chi connectivity index (χ0) is 17.1. The molecule has 4 rings (SSSR count). The Morgan fingerprint density at radius 2 is 2.20 bits per heavy atom. The van der Waals surface area contributed by atoms with E-state index < -0.39 is 0 Å². The molecule has 1 saturated heterocycles. The summed E-state index contributed by atoms with van der Waals surface area (Å²) >= 11 is 0. The molecule has 2 aromatic heterocycles. The number of benzene rings is 1. The van der Waals surface area contributed by atoms with Crippen molar-refractivity contribution in [2.24, 2.45) is 0 Å². The van der Waals surface area contributed by atoms with Crippen molar-refractivity contribution in [3.8, 4) is 0 Å². The van der Waals surface area contributed by atoms with Crippen molar-refractivity contribution in [2.45, 2.75) is 25.4 Å². The SMILES string of the molecule is O=C(Nc1ccc(Cn2cncn2)cc1)c1cc(C2CCCN2)[nH]n1. The van der Waals surface area contributed by atoms with Gasteiger partial charge in [0.1, 0.15) is 12.7 Å². The number of nitrogens with one attached hydrogen (secondary N) is 3. The summed E-state index contributed by atoms with van der Waals surface area (Å²) in [6.45, 7) is 1.65. The number of amides is 1. The van der Waals surface area contributed by atoms with E-state index in [0.717, 1.165) is 36.3 Å². The molecular formula is C17H19N7O. The Kier molecular flexibility index (Phi) is 4.26. The largest absolute Gasteiger partial charge is 0.321 e. The summed E-state index contributed by atoms with van der Waals surface area (Å²) in [5.41, 5.74) is 3.18. The minimum atomic E-state index is -0.218. The molecule has 0 spiro atoms. The number of rotatable bonds is 5. The summed E-state index contributed by atoms with van der Waals surface area (Å²) < 4.78 is 1.75. The van der Waals surface area contributed by atoms with Crippen LogP contribution in [0, 0.1) is 0 Å². The van der Waals surface area contributed by atoms with Crippen LogP contribution in [0.25, 0.3) is 0 Å². The van der Waals surface area contributed by atoms with Gasteiger partial charge in [0.2, 0.25) is 0 Å². The quantitative estimate of drug-likeness (QED) is 0.658. The lowest BCUT2D eigenvalue weighted by molar-refractivity contribution is 0.102. The Morgan fingerprint density at radius 1 is 1.32 bits per heavy atom. The van der Waals surface area contributed by atoms with E-state index in [1.807, 2.05) is 30.3 Å². The van der Waals surface area contributed by atoms with Crippen molar-refractivity contribution in [1.82, 2.24) is 30.3 Å². The number of aromatic amines is 1. The molecule has 128 valence electrons. The lowest BCUT2D eigenvalue weighted by atomic mass is 10.1. The molecule has 0 radical (unpaired) electrons. The highest BCUT2D eigenvalue weighted by Crippen LogP contribution is 2.22. The fraction of sp³-hybridized carbons (Fsp3) is 0.294. The van der Waals surface area contributed by atoms with E-state index in [0.29, 0.717) is 12.2 Å². The Balaban J connectivity index is 1.38. The molecule has 1 fully saturated rings. The molecule has 8 heteroatoms. The Hall–Kier alpha value is -3.00. The molecular weight excluding hydrogens is 318 g/mol. The van der Waals surface area contributed by atoms with Crippen LogP contribution < -0.4 is 10.6 Å². The van der Waals surface area contributed by atoms with Crippen LogP contribution in [-0.4, -0.2) is 37.4 Å². The molecule has 1 aliphatic rings. The van der Waals surface area contributed by atoms with Crippen molar-refractivity contribution < 1.29 is 4.79 Å². The number of H-pyrrole nitrogens is 1. The van der Waals surface area contributed by atoms with Crippen molar-refractivity contribution in [3.05, 3.63) is 59.9 Å². The van der Waals surface area contributed by atoms with Crippen LogP contribution in [-0.2, 0) is 6.54 Å². The number of carbonyl (C=O) groups excluding carboxylic acids is 1. The Morgan fingerprint density at radius 3 is 2.92 bits per heavy atom. The third-order valence-corrected chi connectivity index (χ3v) is 4.29. The van der Waals surface area contributed by atoms with Gasteiger partial charge in [-0.05, 0) is 43.1 Å². The highest BCUT2D eigenvalue weighted by atomic mass is 16.1. The average Bonchev–Trinajstić information content (AvgIpc) is 3.38. The summed E-state index contributed by atoms with van der Waals surface area (Å²) in [4.78, 5) is 16.3. The second kappa shape index (κ2) is 6.86. The Labute approximate surface area is 144 Å². The number of aromatic nitrogens is 5. The van der Waals surface area contributed by atoms with E-state index in [1.54, 1.807) is 11.0 Å². The summed E-state index contributed by atoms with van der Waals surface area (Å²) in [7, 11) is 0. The molecule has 8 nitrogen and oxygen atoms in total. The van der Waals surface area contributed by atoms with Gasteiger partial charge in [-0.2, -0.15) is 10.2 Å². The lowest BCUT2D eigenvalue weighted by Crippen LogP contribution is -2.13. The van der Waals surface area contributed by atoms with E-state index in [1.165, 1.54) is 6.33 Å². The number of carbonyl (C=O) groups is 1. The average molecular weight is 337 g/mol. The van der Waals surface area contributed by atoms with Gasteiger partial charge >= 0.3 is 0 Å². The topological polar surface area (TPSA) is 101 Å². The molecule has 1 amide bonds. The van der Waals surface area contributed by atoms with Gasteiger partial charge in [0.05, 0.1) is 12.2 Å². The number of hydrogen-bond acceptors (Lipinski definition) is 5. The summed E-state index contributed by atoms with van der Waals surface area (Å²) in [6, 6.07) is 9.74. The maximum absolute atomic E-state index is 12.3. The van der Waals surface area contributed by atoms with Crippen molar-refractivity contribution in [3.63, 3.8) is 0 Å². The van der Waals surface area contributed by atoms with Gasteiger partial charge in [0.15, 0.2) is 5.69 Å². The smallest absolute Gasteiger partial charge is 0.276 e. The van der Waals surface area contributed by atoms with Gasteiger partial charge in [-0.15, -0.1) is 0 Å². The van der Waals surface area contributed by atoms with Gasteiger partial charge in [-0.1, -0.05) is 12.1 Å². The number of anilines is 1. The predicted octanol–water partition coefficient (Wildman–Crippen LogP) is 1.73. The molecule has 1 unspecified atom stereocenters. The molecule has 1 aliphatic heterocycles. The minimum Gasteiger partial charge on any atom is -0.321 e. The highest BCUT2D eigenvalue weighted by Gasteiger charge is 2.20. The van der Waals surface area contributed by atoms with Crippen LogP contribution in [0.3, 0.4) is 0 Å². The molecule has 25 heavy (non-hydrogen) atoms. The molecule has 1 aromatic carbocycles. The van der Waals surface area contributed by atoms with Gasteiger partial charge in [-0.25, -0.2) is 9.67 Å². The molecule has 3 heterocycles. The number of nitrogens with zero attached hydrogens (tertiary/aromatic N) is 4. The third-order valence-electron chi connectivity index (χ3n) is 4.29. The maximum atomic E-state index is 12.3. The summed E-state index contributed by atoms with van der Waals surface area (Å²) in [6.07, 6.45) is 5.39. The van der Waals surface area contributed by atoms with Crippen LogP contribution in [0.4, 0.5) is 5.69 Å². The monoisotopic (exact) mass is 337 g/mol. The molecule has 0 bridgehead atoms. The van der Waals surface area contributed by atoms with E-state index in [4.69, 9.17) is 0 Å². The first-order chi connectivity index (χ1) is 12.3. The molecule has 3 aromatic rings. The Bertz CT molecular complexity index is 832. The predicted molar refractivity (Wildman–Crippen MR) is 92.1 cm³/mol. The fourth-order valence-electron chi connectivity index (χ4n) is 2.97. The zero-order valence-corrected chi connectivity index (χ0v) is 13.6. The summed E-state index contributed by atoms with van der Waals surface area (Å²) in [5.74, 6) is -0.218. The fourth-order valence-corrected chi connectivity index (χ4v) is 2.97. The van der Waals surface area contributed by atoms with Gasteiger partial charge in [-0.3, -0.25) is 9.89 Å². The third kappa shape index (κ3) is 3.58. The maximum Gasteiger partial charge on any atom is 0.276 e. The van der Waals surface area contributed by atoms with Gasteiger partial charge < -0.3 is 10.6 Å². The van der Waals surface area contributed by atoms with E-state index in [2.05, 4.69) is 30.9 Å². The van der Waals surface area contributed by atoms with Crippen LogP contribution in [0.15, 0.2) is 43.0 Å². The van der Waals surface area contributed by atoms with Crippen molar-refractivity contribution in [1.29, 1.82) is 0 Å². The van der Waals surface area contributed by atoms with Crippen LogP contribution in [0.1, 0.15) is 40.6 Å². The van der Waals surface area contributed by atoms with Gasteiger partial charge in [0, 0.05) is 11.7 Å². The van der Waals surface area contributed by atoms with Crippen LogP contribution in [0.2, 0.25) is 0 Å². The van der Waals surface area contributed by atoms with Crippen molar-refractivity contribution in [2.75, 3.05) is 11.9 Å². The van der Waals surface area contributed by atoms with Crippen LogP contribution in [0.5, 0.6) is 0 Å². The van der Waals surface area contributed by atoms with E-state index in [-0.39, 0.29) is 11.9 Å². The van der Waals surface area contributed by atoms with Crippen molar-refractivity contribution >= 4 is 11.6 Å². The van der Waals surface area contributed by atoms with E-state index in [9.17, 15) is 4.79 Å². The standard InChI is InChI=1S/C17H19N7O/c25-17(16-8-15(22-23-16)14-2-1-7-19-14)21-13-5-3-12(4-6-13)9-24-11-18-10-20-24/h3-6,8,10-11,14,19H,1-2,7,9H2,(H,21,25)(H,22,23). The normalized spacial score (nSPS) is 16.9. The van der Waals surface area contributed by atoms with Crippen LogP contribution >= 0.6 is 0 Å². The number of hydrogen-bond donors (Lipinski definition) is 3. The van der Waals surface area contributed by atoms with Gasteiger partial charge in [0.25, 0.3) is 5.91 Å². The second-order valence-electron chi connectivity index (χ2n) is 6.10. The summed E-state index contributed by atoms with van der Waals surface area (Å²) in [5, 5.41) is 17.4. The highest BCUT2D eigenvalue weighted by molar-refractivity contribution is 6.02. The van der Waals surface area contributed by atoms with E-state index >= 15 is 0 Å². The molecule has 3 N–H and O–H groups in total. The first kappa shape index (κ1) is 15.5. The molecule has 0 saturated carbocycles. The molecule has 0 aliphatic carbocycles. The minimum absolute atomic E-state index is 0.218. The zero-order valence-electron chi connectivity index (χ0n) is 13.6. The first-order valence-electron chi connectivity index (χ1n) is 8.29. The second-order valence-corrected chi connectivity index (χ2v) is 6.10.